The van der Waals surface area contributed by atoms with Crippen LogP contribution in [-0.4, -0.2) is 40.2 Å². The summed E-state index contributed by atoms with van der Waals surface area (Å²) in [6.45, 7) is 11.5. The van der Waals surface area contributed by atoms with Crippen LogP contribution in [0.25, 0.3) is 11.0 Å². The molecule has 0 aliphatic heterocycles. The summed E-state index contributed by atoms with van der Waals surface area (Å²) in [5, 5.41) is 9.56. The summed E-state index contributed by atoms with van der Waals surface area (Å²) < 4.78 is 18.3. The number of carbonyl (C=O) groups is 1. The second kappa shape index (κ2) is 11.0. The number of ether oxygens (including phenoxy) is 3. The van der Waals surface area contributed by atoms with Crippen LogP contribution in [0.1, 0.15) is 59.0 Å². The minimum absolute atomic E-state index is 0.292. The molecule has 196 valence electrons. The van der Waals surface area contributed by atoms with Gasteiger partial charge in [0.2, 0.25) is 0 Å². The molecule has 2 aromatic carbocycles. The van der Waals surface area contributed by atoms with Crippen molar-refractivity contribution in [3.05, 3.63) is 68.7 Å². The van der Waals surface area contributed by atoms with Crippen LogP contribution in [0.2, 0.25) is 0 Å². The van der Waals surface area contributed by atoms with Crippen LogP contribution >= 0.6 is 11.3 Å². The third-order valence-electron chi connectivity index (χ3n) is 6.85. The van der Waals surface area contributed by atoms with Crippen molar-refractivity contribution < 1.29 is 19.0 Å². The molecule has 0 fully saturated rings. The molecule has 0 bridgehead atoms. The molecule has 0 spiro atoms. The van der Waals surface area contributed by atoms with Gasteiger partial charge in [-0.1, -0.05) is 23.4 Å². The van der Waals surface area contributed by atoms with Gasteiger partial charge in [-0.2, -0.15) is 0 Å². The van der Waals surface area contributed by atoms with E-state index in [1.54, 1.807) is 18.4 Å². The minimum atomic E-state index is -0.862. The van der Waals surface area contributed by atoms with Crippen molar-refractivity contribution in [2.24, 2.45) is 5.41 Å². The van der Waals surface area contributed by atoms with Gasteiger partial charge in [0.15, 0.2) is 0 Å². The molecule has 0 aliphatic carbocycles. The molecule has 4 aromatic rings. The Morgan fingerprint density at radius 1 is 1.08 bits per heavy atom. The first-order valence-corrected chi connectivity index (χ1v) is 13.1. The van der Waals surface area contributed by atoms with Crippen molar-refractivity contribution in [3.63, 3.8) is 0 Å². The normalized spacial score (nSPS) is 12.6. The number of hydrogen-bond donors (Lipinski definition) is 0. The summed E-state index contributed by atoms with van der Waals surface area (Å²) in [4.78, 5) is 19.1. The molecular formula is C28H34N4O4S. The summed E-state index contributed by atoms with van der Waals surface area (Å²) >= 11 is 1.59. The highest BCUT2D eigenvalue weighted by atomic mass is 32.1. The zero-order valence-corrected chi connectivity index (χ0v) is 23.3. The van der Waals surface area contributed by atoms with Crippen molar-refractivity contribution in [2.75, 3.05) is 14.2 Å². The maximum Gasteiger partial charge on any atom is 0.312 e. The van der Waals surface area contributed by atoms with Gasteiger partial charge in [-0.15, -0.1) is 16.4 Å². The molecule has 8 nitrogen and oxygen atoms in total. The number of aryl methyl sites for hydroxylation is 3. The molecule has 0 saturated carbocycles. The second-order valence-corrected chi connectivity index (χ2v) is 10.8. The fraction of sp³-hybridized carbons (Fsp3) is 0.429. The van der Waals surface area contributed by atoms with Crippen molar-refractivity contribution in [1.82, 2.24) is 20.0 Å². The van der Waals surface area contributed by atoms with Crippen LogP contribution in [0, 0.1) is 19.3 Å². The summed E-state index contributed by atoms with van der Waals surface area (Å²) in [7, 11) is 3.08. The highest BCUT2D eigenvalue weighted by Gasteiger charge is 2.43. The van der Waals surface area contributed by atoms with Crippen molar-refractivity contribution in [2.45, 2.75) is 60.3 Å². The number of fused-ring (bicyclic) bond motifs is 1. The lowest BCUT2D eigenvalue weighted by Crippen LogP contribution is -2.33. The summed E-state index contributed by atoms with van der Waals surface area (Å²) in [5.74, 6) is 0.197. The van der Waals surface area contributed by atoms with E-state index >= 15 is 0 Å². The standard InChI is InChI=1S/C28H34N4O4S/c1-8-32-23-14-13-21(17(2)25(23)30-31-32)24(28(4,5)27(33)35-7)26-29-22(18(3)37-26)16-36-15-19-9-11-20(34-6)12-10-19/h9-14,24H,8,15-16H2,1-7H3. The predicted molar refractivity (Wildman–Crippen MR) is 144 cm³/mol. The van der Waals surface area contributed by atoms with E-state index in [0.29, 0.717) is 13.2 Å². The highest BCUT2D eigenvalue weighted by molar-refractivity contribution is 7.11. The minimum Gasteiger partial charge on any atom is -0.497 e. The van der Waals surface area contributed by atoms with Gasteiger partial charge in [-0.25, -0.2) is 9.67 Å². The number of benzene rings is 2. The summed E-state index contributed by atoms with van der Waals surface area (Å²) in [5.41, 5.74) is 4.86. The molecule has 0 amide bonds. The molecule has 2 aromatic heterocycles. The van der Waals surface area contributed by atoms with Crippen LogP contribution in [0.3, 0.4) is 0 Å². The maximum absolute atomic E-state index is 13.0. The predicted octanol–water partition coefficient (Wildman–Crippen LogP) is 5.58. The highest BCUT2D eigenvalue weighted by Crippen LogP contribution is 2.45. The number of esters is 1. The number of aromatic nitrogens is 4. The van der Waals surface area contributed by atoms with Crippen LogP contribution < -0.4 is 4.74 Å². The number of methoxy groups -OCH3 is 2. The van der Waals surface area contributed by atoms with E-state index in [-0.39, 0.29) is 11.9 Å². The van der Waals surface area contributed by atoms with Gasteiger partial charge in [0, 0.05) is 11.4 Å². The van der Waals surface area contributed by atoms with Gasteiger partial charge in [-0.3, -0.25) is 4.79 Å². The number of thiazole rings is 1. The lowest BCUT2D eigenvalue weighted by molar-refractivity contribution is -0.151. The van der Waals surface area contributed by atoms with Crippen LogP contribution in [0.5, 0.6) is 5.75 Å². The molecular weight excluding hydrogens is 488 g/mol. The van der Waals surface area contributed by atoms with Gasteiger partial charge in [-0.05, 0) is 69.5 Å². The Labute approximate surface area is 221 Å². The van der Waals surface area contributed by atoms with E-state index in [1.165, 1.54) is 7.11 Å². The molecule has 1 unspecified atom stereocenters. The topological polar surface area (TPSA) is 88.4 Å². The first kappa shape index (κ1) is 26.8. The molecule has 4 rings (SSSR count). The van der Waals surface area contributed by atoms with E-state index in [2.05, 4.69) is 16.4 Å². The average molecular weight is 523 g/mol. The fourth-order valence-electron chi connectivity index (χ4n) is 4.64. The molecule has 0 N–H and O–H groups in total. The Balaban J connectivity index is 1.67. The molecule has 1 atom stereocenters. The third kappa shape index (κ3) is 5.24. The summed E-state index contributed by atoms with van der Waals surface area (Å²) in [6, 6.07) is 11.9. The number of carbonyl (C=O) groups excluding carboxylic acids is 1. The first-order chi connectivity index (χ1) is 17.7. The van der Waals surface area contributed by atoms with Crippen LogP contribution in [0.4, 0.5) is 0 Å². The smallest absolute Gasteiger partial charge is 0.312 e. The quantitative estimate of drug-likeness (QED) is 0.251. The van der Waals surface area contributed by atoms with Crippen LogP contribution in [0.15, 0.2) is 36.4 Å². The first-order valence-electron chi connectivity index (χ1n) is 12.3. The monoisotopic (exact) mass is 522 g/mol. The van der Waals surface area contributed by atoms with E-state index in [0.717, 1.165) is 55.6 Å². The Morgan fingerprint density at radius 2 is 1.81 bits per heavy atom. The molecule has 9 heteroatoms. The maximum atomic E-state index is 13.0. The Morgan fingerprint density at radius 3 is 2.46 bits per heavy atom. The van der Waals surface area contributed by atoms with Gasteiger partial charge in [0.1, 0.15) is 16.3 Å². The molecule has 0 aliphatic rings. The lowest BCUT2D eigenvalue weighted by Gasteiger charge is -2.31. The van der Waals surface area contributed by atoms with Gasteiger partial charge in [0.25, 0.3) is 0 Å². The number of nitrogens with zero attached hydrogens (tertiary/aromatic N) is 4. The van der Waals surface area contributed by atoms with Crippen molar-refractivity contribution >= 4 is 28.3 Å². The molecule has 37 heavy (non-hydrogen) atoms. The van der Waals surface area contributed by atoms with E-state index in [4.69, 9.17) is 19.2 Å². The average Bonchev–Trinajstić information content (AvgIpc) is 3.48. The van der Waals surface area contributed by atoms with E-state index < -0.39 is 5.41 Å². The zero-order valence-electron chi connectivity index (χ0n) is 22.5. The molecule has 0 saturated heterocycles. The lowest BCUT2D eigenvalue weighted by atomic mass is 9.73. The van der Waals surface area contributed by atoms with Gasteiger partial charge in [0.05, 0.1) is 50.0 Å². The van der Waals surface area contributed by atoms with Gasteiger partial charge >= 0.3 is 5.97 Å². The Bertz CT molecular complexity index is 1390. The van der Waals surface area contributed by atoms with Gasteiger partial charge < -0.3 is 14.2 Å². The third-order valence-corrected chi connectivity index (χ3v) is 7.93. The molecule has 2 heterocycles. The zero-order chi connectivity index (χ0) is 26.7. The Kier molecular flexibility index (Phi) is 7.94. The SMILES string of the molecule is CCn1nnc2c(C)c(C(c3nc(COCc4ccc(OC)cc4)c(C)s3)C(C)(C)C(=O)OC)ccc21. The molecule has 0 radical (unpaired) electrons. The Hall–Kier alpha value is -3.30. The van der Waals surface area contributed by atoms with Crippen molar-refractivity contribution in [1.29, 1.82) is 0 Å². The van der Waals surface area contributed by atoms with E-state index in [9.17, 15) is 4.79 Å². The number of rotatable bonds is 10. The number of hydrogen-bond acceptors (Lipinski definition) is 8. The van der Waals surface area contributed by atoms with E-state index in [1.807, 2.05) is 69.6 Å². The second-order valence-electron chi connectivity index (χ2n) is 9.59. The summed E-state index contributed by atoms with van der Waals surface area (Å²) in [6.07, 6.45) is 0. The van der Waals surface area contributed by atoms with Crippen LogP contribution in [-0.2, 0) is 34.0 Å². The fourth-order valence-corrected chi connectivity index (χ4v) is 5.87. The largest absolute Gasteiger partial charge is 0.497 e. The van der Waals surface area contributed by atoms with Crippen molar-refractivity contribution in [3.8, 4) is 5.75 Å².